The van der Waals surface area contributed by atoms with Crippen LogP contribution < -0.4 is 5.73 Å². The average Bonchev–Trinajstić information content (AvgIpc) is 2.30. The fraction of sp³-hybridized carbons (Fsp3) is 0. The van der Waals surface area contributed by atoms with E-state index in [1.807, 2.05) is 30.3 Å². The molecule has 0 atom stereocenters. The van der Waals surface area contributed by atoms with Gasteiger partial charge in [0.2, 0.25) is 0 Å². The van der Waals surface area contributed by atoms with Crippen molar-refractivity contribution in [3.05, 3.63) is 66.7 Å². The van der Waals surface area contributed by atoms with Gasteiger partial charge in [-0.3, -0.25) is 0 Å². The quantitative estimate of drug-likeness (QED) is 0.781. The third-order valence-corrected chi connectivity index (χ3v) is 2.34. The summed E-state index contributed by atoms with van der Waals surface area (Å²) in [6, 6.07) is 18.3. The average molecular weight is 195 g/mol. The summed E-state index contributed by atoms with van der Waals surface area (Å²) >= 11 is 0. The molecule has 1 nitrogen and oxygen atoms in total. The zero-order chi connectivity index (χ0) is 10.7. The van der Waals surface area contributed by atoms with Crippen LogP contribution in [0.1, 0.15) is 5.56 Å². The van der Waals surface area contributed by atoms with E-state index in [2.05, 4.69) is 30.8 Å². The second-order valence-corrected chi connectivity index (χ2v) is 3.47. The van der Waals surface area contributed by atoms with E-state index in [0.717, 1.165) is 5.56 Å². The van der Waals surface area contributed by atoms with Crippen molar-refractivity contribution in [3.63, 3.8) is 0 Å². The molecule has 0 aliphatic rings. The highest BCUT2D eigenvalue weighted by Crippen LogP contribution is 2.21. The summed E-state index contributed by atoms with van der Waals surface area (Å²) < 4.78 is 0. The summed E-state index contributed by atoms with van der Waals surface area (Å²) in [5.41, 5.74) is 9.61. The number of rotatable bonds is 2. The maximum atomic E-state index is 5.67. The van der Waals surface area contributed by atoms with Crippen LogP contribution in [-0.4, -0.2) is 0 Å². The first kappa shape index (κ1) is 9.53. The molecule has 0 aliphatic carbocycles. The SMILES string of the molecule is C=C(N)c1cccc(-c2ccccc2)c1. The van der Waals surface area contributed by atoms with Crippen LogP contribution in [0.3, 0.4) is 0 Å². The lowest BCUT2D eigenvalue weighted by Gasteiger charge is -2.04. The lowest BCUT2D eigenvalue weighted by molar-refractivity contribution is 1.52. The van der Waals surface area contributed by atoms with Gasteiger partial charge in [0.25, 0.3) is 0 Å². The second-order valence-electron chi connectivity index (χ2n) is 3.47. The molecule has 0 radical (unpaired) electrons. The Morgan fingerprint density at radius 1 is 0.867 bits per heavy atom. The van der Waals surface area contributed by atoms with Crippen molar-refractivity contribution >= 4 is 5.70 Å². The molecule has 2 rings (SSSR count). The van der Waals surface area contributed by atoms with Gasteiger partial charge in [-0.1, -0.05) is 55.1 Å². The van der Waals surface area contributed by atoms with Gasteiger partial charge < -0.3 is 5.73 Å². The van der Waals surface area contributed by atoms with Crippen LogP contribution >= 0.6 is 0 Å². The van der Waals surface area contributed by atoms with Crippen LogP contribution in [0.15, 0.2) is 61.2 Å². The van der Waals surface area contributed by atoms with E-state index >= 15 is 0 Å². The molecule has 2 aromatic rings. The topological polar surface area (TPSA) is 26.0 Å². The molecular formula is C14H13N. The second kappa shape index (κ2) is 4.01. The Morgan fingerprint density at radius 3 is 2.20 bits per heavy atom. The lowest BCUT2D eigenvalue weighted by atomic mass is 10.0. The predicted octanol–water partition coefficient (Wildman–Crippen LogP) is 3.28. The van der Waals surface area contributed by atoms with Crippen LogP contribution in [0.2, 0.25) is 0 Å². The molecule has 0 aliphatic heterocycles. The zero-order valence-electron chi connectivity index (χ0n) is 8.48. The van der Waals surface area contributed by atoms with Gasteiger partial charge in [0.05, 0.1) is 0 Å². The van der Waals surface area contributed by atoms with Crippen molar-refractivity contribution in [2.24, 2.45) is 5.73 Å². The predicted molar refractivity (Wildman–Crippen MR) is 65.1 cm³/mol. The summed E-state index contributed by atoms with van der Waals surface area (Å²) in [5, 5.41) is 0. The van der Waals surface area contributed by atoms with E-state index in [0.29, 0.717) is 5.70 Å². The minimum absolute atomic E-state index is 0.604. The number of nitrogens with two attached hydrogens (primary N) is 1. The molecule has 0 saturated heterocycles. The van der Waals surface area contributed by atoms with Crippen molar-refractivity contribution in [1.82, 2.24) is 0 Å². The maximum Gasteiger partial charge on any atom is 0.0314 e. The standard InChI is InChI=1S/C14H13N/c1-11(15)13-8-5-9-14(10-13)12-6-3-2-4-7-12/h2-10H,1,15H2. The van der Waals surface area contributed by atoms with E-state index in [1.165, 1.54) is 11.1 Å². The van der Waals surface area contributed by atoms with Crippen molar-refractivity contribution < 1.29 is 0 Å². The van der Waals surface area contributed by atoms with E-state index in [4.69, 9.17) is 5.73 Å². The van der Waals surface area contributed by atoms with Crippen LogP contribution in [0, 0.1) is 0 Å². The minimum atomic E-state index is 0.604. The van der Waals surface area contributed by atoms with Crippen molar-refractivity contribution in [3.8, 4) is 11.1 Å². The Balaban J connectivity index is 2.46. The summed E-state index contributed by atoms with van der Waals surface area (Å²) in [4.78, 5) is 0. The minimum Gasteiger partial charge on any atom is -0.399 e. The van der Waals surface area contributed by atoms with Crippen molar-refractivity contribution in [2.75, 3.05) is 0 Å². The molecule has 0 saturated carbocycles. The molecule has 2 N–H and O–H groups in total. The monoisotopic (exact) mass is 195 g/mol. The smallest absolute Gasteiger partial charge is 0.0314 e. The molecule has 0 spiro atoms. The molecule has 0 bridgehead atoms. The third-order valence-electron chi connectivity index (χ3n) is 2.34. The van der Waals surface area contributed by atoms with Gasteiger partial charge >= 0.3 is 0 Å². The van der Waals surface area contributed by atoms with Crippen LogP contribution in [0.5, 0.6) is 0 Å². The Labute approximate surface area is 89.9 Å². The van der Waals surface area contributed by atoms with Gasteiger partial charge in [-0.2, -0.15) is 0 Å². The van der Waals surface area contributed by atoms with Gasteiger partial charge in [0, 0.05) is 5.70 Å². The van der Waals surface area contributed by atoms with Crippen LogP contribution in [0.4, 0.5) is 0 Å². The molecule has 0 fully saturated rings. The number of benzene rings is 2. The zero-order valence-corrected chi connectivity index (χ0v) is 8.48. The Morgan fingerprint density at radius 2 is 1.53 bits per heavy atom. The van der Waals surface area contributed by atoms with E-state index in [9.17, 15) is 0 Å². The Hall–Kier alpha value is -2.02. The molecule has 0 amide bonds. The first-order valence-corrected chi connectivity index (χ1v) is 4.87. The third kappa shape index (κ3) is 2.08. The number of hydrogen-bond acceptors (Lipinski definition) is 1. The molecule has 0 aromatic heterocycles. The van der Waals surface area contributed by atoms with Gasteiger partial charge in [-0.15, -0.1) is 0 Å². The fourth-order valence-corrected chi connectivity index (χ4v) is 1.53. The largest absolute Gasteiger partial charge is 0.399 e. The van der Waals surface area contributed by atoms with Gasteiger partial charge in [0.15, 0.2) is 0 Å². The molecule has 0 unspecified atom stereocenters. The highest BCUT2D eigenvalue weighted by Gasteiger charge is 1.98. The van der Waals surface area contributed by atoms with E-state index in [1.54, 1.807) is 0 Å². The highest BCUT2D eigenvalue weighted by molar-refractivity contribution is 5.70. The highest BCUT2D eigenvalue weighted by atomic mass is 14.6. The maximum absolute atomic E-state index is 5.67. The van der Waals surface area contributed by atoms with Crippen LogP contribution in [-0.2, 0) is 0 Å². The first-order valence-electron chi connectivity index (χ1n) is 4.87. The normalized spacial score (nSPS) is 9.87. The summed E-state index contributed by atoms with van der Waals surface area (Å²) in [7, 11) is 0. The lowest BCUT2D eigenvalue weighted by Crippen LogP contribution is -1.93. The summed E-state index contributed by atoms with van der Waals surface area (Å²) in [6.07, 6.45) is 0. The van der Waals surface area contributed by atoms with E-state index in [-0.39, 0.29) is 0 Å². The molecule has 15 heavy (non-hydrogen) atoms. The van der Waals surface area contributed by atoms with E-state index < -0.39 is 0 Å². The Bertz CT molecular complexity index is 472. The first-order chi connectivity index (χ1) is 7.27. The van der Waals surface area contributed by atoms with Gasteiger partial charge in [0.1, 0.15) is 0 Å². The van der Waals surface area contributed by atoms with Gasteiger partial charge in [-0.25, -0.2) is 0 Å². The Kier molecular flexibility index (Phi) is 2.55. The fourth-order valence-electron chi connectivity index (χ4n) is 1.53. The van der Waals surface area contributed by atoms with Crippen LogP contribution in [0.25, 0.3) is 16.8 Å². The summed E-state index contributed by atoms with van der Waals surface area (Å²) in [6.45, 7) is 3.74. The number of hydrogen-bond donors (Lipinski definition) is 1. The molecule has 0 heterocycles. The molecule has 1 heteroatoms. The van der Waals surface area contributed by atoms with Crippen molar-refractivity contribution in [2.45, 2.75) is 0 Å². The van der Waals surface area contributed by atoms with Crippen molar-refractivity contribution in [1.29, 1.82) is 0 Å². The summed E-state index contributed by atoms with van der Waals surface area (Å²) in [5.74, 6) is 0. The molecular weight excluding hydrogens is 182 g/mol. The van der Waals surface area contributed by atoms with Gasteiger partial charge in [-0.05, 0) is 22.8 Å². The molecule has 74 valence electrons. The molecule has 2 aromatic carbocycles.